The summed E-state index contributed by atoms with van der Waals surface area (Å²) in [5.74, 6) is 1.10. The number of hydrogen-bond acceptors (Lipinski definition) is 3. The molecule has 3 rings (SSSR count). The number of amides is 1. The molecule has 1 aliphatic rings. The Morgan fingerprint density at radius 3 is 2.87 bits per heavy atom. The predicted octanol–water partition coefficient (Wildman–Crippen LogP) is 2.78. The molecule has 2 aromatic rings. The van der Waals surface area contributed by atoms with E-state index >= 15 is 0 Å². The summed E-state index contributed by atoms with van der Waals surface area (Å²) < 4.78 is 0.864. The van der Waals surface area contributed by atoms with Crippen LogP contribution in [0.25, 0.3) is 10.9 Å². The lowest BCUT2D eigenvalue weighted by Gasteiger charge is -2.52. The molecule has 0 spiro atoms. The van der Waals surface area contributed by atoms with Crippen LogP contribution in [0.4, 0.5) is 0 Å². The molecule has 6 heteroatoms. The van der Waals surface area contributed by atoms with Crippen LogP contribution in [0.15, 0.2) is 27.5 Å². The van der Waals surface area contributed by atoms with E-state index in [1.165, 1.54) is 0 Å². The van der Waals surface area contributed by atoms with Crippen molar-refractivity contribution < 1.29 is 4.79 Å². The summed E-state index contributed by atoms with van der Waals surface area (Å²) in [5, 5.41) is 3.59. The Bertz CT molecular complexity index is 828. The van der Waals surface area contributed by atoms with Crippen LogP contribution < -0.4 is 10.9 Å². The Balaban J connectivity index is 1.82. The number of benzene rings is 1. The van der Waals surface area contributed by atoms with Gasteiger partial charge in [0.05, 0.1) is 10.9 Å². The zero-order chi connectivity index (χ0) is 16.8. The molecule has 1 saturated carbocycles. The number of nitrogens with zero attached hydrogens (tertiary/aromatic N) is 1. The molecule has 1 aromatic carbocycles. The average molecular weight is 378 g/mol. The summed E-state index contributed by atoms with van der Waals surface area (Å²) in [5.41, 5.74) is 0.600. The van der Waals surface area contributed by atoms with Crippen molar-refractivity contribution in [2.45, 2.75) is 39.7 Å². The highest BCUT2D eigenvalue weighted by molar-refractivity contribution is 9.10. The van der Waals surface area contributed by atoms with Gasteiger partial charge in [-0.1, -0.05) is 29.8 Å². The topological polar surface area (TPSA) is 74.8 Å². The first-order valence-electron chi connectivity index (χ1n) is 7.73. The van der Waals surface area contributed by atoms with E-state index in [0.29, 0.717) is 29.1 Å². The van der Waals surface area contributed by atoms with Crippen LogP contribution in [0.3, 0.4) is 0 Å². The zero-order valence-electron chi connectivity index (χ0n) is 13.4. The van der Waals surface area contributed by atoms with Gasteiger partial charge in [0.15, 0.2) is 0 Å². The average Bonchev–Trinajstić information content (AvgIpc) is 2.46. The summed E-state index contributed by atoms with van der Waals surface area (Å²) in [6, 6.07) is 5.71. The normalized spacial score (nSPS) is 22.6. The Morgan fingerprint density at radius 1 is 1.48 bits per heavy atom. The standard InChI is InChI=1S/C17H20BrN3O2/c1-9(22)19-14-6-10(17(14,2)3)7-15-20-13-5-4-11(18)8-12(13)16(23)21-15/h4-5,8,10,14H,6-7H2,1-3H3,(H,19,22)(H,20,21,23). The highest BCUT2D eigenvalue weighted by Crippen LogP contribution is 2.47. The molecule has 1 fully saturated rings. The number of halogens is 1. The molecule has 2 unspecified atom stereocenters. The summed E-state index contributed by atoms with van der Waals surface area (Å²) >= 11 is 3.37. The Morgan fingerprint density at radius 2 is 2.22 bits per heavy atom. The van der Waals surface area contributed by atoms with Crippen LogP contribution in [0.2, 0.25) is 0 Å². The van der Waals surface area contributed by atoms with Crippen LogP contribution in [0, 0.1) is 11.3 Å². The van der Waals surface area contributed by atoms with Gasteiger partial charge in [-0.3, -0.25) is 9.59 Å². The molecule has 1 amide bonds. The van der Waals surface area contributed by atoms with Gasteiger partial charge < -0.3 is 10.3 Å². The van der Waals surface area contributed by atoms with Gasteiger partial charge in [0, 0.05) is 23.9 Å². The number of hydrogen-bond donors (Lipinski definition) is 2. The number of aromatic amines is 1. The second kappa shape index (κ2) is 5.74. The number of aromatic nitrogens is 2. The molecule has 0 aliphatic heterocycles. The van der Waals surface area contributed by atoms with Crippen molar-refractivity contribution in [3.63, 3.8) is 0 Å². The van der Waals surface area contributed by atoms with E-state index < -0.39 is 0 Å². The lowest BCUT2D eigenvalue weighted by Crippen LogP contribution is -2.58. The van der Waals surface area contributed by atoms with Crippen LogP contribution in [-0.2, 0) is 11.2 Å². The van der Waals surface area contributed by atoms with E-state index in [-0.39, 0.29) is 22.9 Å². The third-order valence-electron chi connectivity index (χ3n) is 5.00. The fourth-order valence-corrected chi connectivity index (χ4v) is 3.70. The Hall–Kier alpha value is -1.69. The molecule has 2 N–H and O–H groups in total. The minimum absolute atomic E-state index is 0.00108. The van der Waals surface area contributed by atoms with E-state index in [1.54, 1.807) is 13.0 Å². The fourth-order valence-electron chi connectivity index (χ4n) is 3.34. The zero-order valence-corrected chi connectivity index (χ0v) is 15.0. The number of carbonyl (C=O) groups is 1. The van der Waals surface area contributed by atoms with E-state index in [2.05, 4.69) is 45.1 Å². The van der Waals surface area contributed by atoms with Crippen molar-refractivity contribution in [2.24, 2.45) is 11.3 Å². The molecule has 23 heavy (non-hydrogen) atoms. The first-order valence-corrected chi connectivity index (χ1v) is 8.52. The van der Waals surface area contributed by atoms with Gasteiger partial charge in [0.25, 0.3) is 5.56 Å². The maximum Gasteiger partial charge on any atom is 0.258 e. The summed E-state index contributed by atoms with van der Waals surface area (Å²) in [4.78, 5) is 31.0. The summed E-state index contributed by atoms with van der Waals surface area (Å²) in [6.45, 7) is 5.85. The molecule has 2 atom stereocenters. The minimum atomic E-state index is -0.109. The monoisotopic (exact) mass is 377 g/mol. The van der Waals surface area contributed by atoms with Gasteiger partial charge in [-0.15, -0.1) is 0 Å². The van der Waals surface area contributed by atoms with Crippen LogP contribution in [0.5, 0.6) is 0 Å². The van der Waals surface area contributed by atoms with Crippen LogP contribution in [-0.4, -0.2) is 21.9 Å². The minimum Gasteiger partial charge on any atom is -0.353 e. The molecule has 0 bridgehead atoms. The first kappa shape index (κ1) is 16.2. The van der Waals surface area contributed by atoms with Gasteiger partial charge >= 0.3 is 0 Å². The van der Waals surface area contributed by atoms with E-state index in [1.807, 2.05) is 12.1 Å². The molecule has 1 aromatic heterocycles. The van der Waals surface area contributed by atoms with Gasteiger partial charge in [-0.2, -0.15) is 0 Å². The van der Waals surface area contributed by atoms with Gasteiger partial charge in [-0.05, 0) is 36.0 Å². The maximum absolute atomic E-state index is 12.2. The van der Waals surface area contributed by atoms with Crippen molar-refractivity contribution in [3.8, 4) is 0 Å². The molecule has 5 nitrogen and oxygen atoms in total. The third kappa shape index (κ3) is 3.04. The molecule has 0 saturated heterocycles. The van der Waals surface area contributed by atoms with E-state index in [0.717, 1.165) is 10.9 Å². The van der Waals surface area contributed by atoms with Crippen molar-refractivity contribution in [3.05, 3.63) is 38.9 Å². The number of H-pyrrole nitrogens is 1. The largest absolute Gasteiger partial charge is 0.353 e. The van der Waals surface area contributed by atoms with Gasteiger partial charge in [0.1, 0.15) is 5.82 Å². The SMILES string of the molecule is CC(=O)NC1CC(Cc2nc3ccc(Br)cc3c(=O)[nH]2)C1(C)C. The van der Waals surface area contributed by atoms with Crippen molar-refractivity contribution in [1.29, 1.82) is 0 Å². The molecule has 122 valence electrons. The second-order valence-corrected chi connectivity index (χ2v) is 7.80. The molecule has 1 heterocycles. The highest BCUT2D eigenvalue weighted by Gasteiger charge is 2.48. The lowest BCUT2D eigenvalue weighted by molar-refractivity contribution is -0.123. The smallest absolute Gasteiger partial charge is 0.258 e. The predicted molar refractivity (Wildman–Crippen MR) is 93.3 cm³/mol. The summed E-state index contributed by atoms with van der Waals surface area (Å²) in [6.07, 6.45) is 1.62. The number of rotatable bonds is 3. The number of carbonyl (C=O) groups excluding carboxylic acids is 1. The third-order valence-corrected chi connectivity index (χ3v) is 5.50. The molecule has 0 radical (unpaired) electrons. The highest BCUT2D eigenvalue weighted by atomic mass is 79.9. The van der Waals surface area contributed by atoms with Crippen molar-refractivity contribution in [2.75, 3.05) is 0 Å². The Kier molecular flexibility index (Phi) is 4.04. The van der Waals surface area contributed by atoms with Crippen molar-refractivity contribution >= 4 is 32.7 Å². The van der Waals surface area contributed by atoms with Gasteiger partial charge in [0.2, 0.25) is 5.91 Å². The first-order chi connectivity index (χ1) is 10.8. The number of fused-ring (bicyclic) bond motifs is 1. The second-order valence-electron chi connectivity index (χ2n) is 6.89. The van der Waals surface area contributed by atoms with E-state index in [9.17, 15) is 9.59 Å². The van der Waals surface area contributed by atoms with Crippen molar-refractivity contribution in [1.82, 2.24) is 15.3 Å². The van der Waals surface area contributed by atoms with Gasteiger partial charge in [-0.25, -0.2) is 4.98 Å². The quantitative estimate of drug-likeness (QED) is 0.863. The van der Waals surface area contributed by atoms with Crippen LogP contribution in [0.1, 0.15) is 33.0 Å². The molecule has 1 aliphatic carbocycles. The van der Waals surface area contributed by atoms with E-state index in [4.69, 9.17) is 0 Å². The maximum atomic E-state index is 12.2. The van der Waals surface area contributed by atoms with Crippen LogP contribution >= 0.6 is 15.9 Å². The number of nitrogens with one attached hydrogen (secondary N) is 2. The fraction of sp³-hybridized carbons (Fsp3) is 0.471. The lowest BCUT2D eigenvalue weighted by atomic mass is 9.57. The molecular weight excluding hydrogens is 358 g/mol. The molecular formula is C17H20BrN3O2. The summed E-state index contributed by atoms with van der Waals surface area (Å²) in [7, 11) is 0. The Labute approximate surface area is 143 Å².